The maximum atomic E-state index is 11.7. The highest BCUT2D eigenvalue weighted by molar-refractivity contribution is 7.81. The number of rotatable bonds is 3. The van der Waals surface area contributed by atoms with Crippen molar-refractivity contribution in [3.8, 4) is 5.75 Å². The summed E-state index contributed by atoms with van der Waals surface area (Å²) >= 11 is 4.02. The summed E-state index contributed by atoms with van der Waals surface area (Å²) in [7, 11) is 3.43. The van der Waals surface area contributed by atoms with Gasteiger partial charge in [-0.2, -0.15) is 12.6 Å². The van der Waals surface area contributed by atoms with Gasteiger partial charge in [0.2, 0.25) is 5.91 Å². The van der Waals surface area contributed by atoms with Crippen molar-refractivity contribution in [2.45, 2.75) is 20.8 Å². The summed E-state index contributed by atoms with van der Waals surface area (Å²) in [5.41, 5.74) is 4.11. The Hall–Kier alpha value is -1.16. The fraction of sp³-hybridized carbons (Fsp3) is 0.462. The Morgan fingerprint density at radius 2 is 1.94 bits per heavy atom. The number of anilines is 1. The Morgan fingerprint density at radius 1 is 1.35 bits per heavy atom. The number of methoxy groups -OCH3 is 1. The second kappa shape index (κ2) is 5.45. The lowest BCUT2D eigenvalue weighted by Crippen LogP contribution is -2.28. The van der Waals surface area contributed by atoms with E-state index in [0.29, 0.717) is 0 Å². The normalized spacial score (nSPS) is 10.2. The quantitative estimate of drug-likeness (QED) is 0.839. The third-order valence-electron chi connectivity index (χ3n) is 3.07. The maximum Gasteiger partial charge on any atom is 0.236 e. The van der Waals surface area contributed by atoms with Gasteiger partial charge >= 0.3 is 0 Å². The van der Waals surface area contributed by atoms with Gasteiger partial charge in [0.15, 0.2) is 0 Å². The predicted molar refractivity (Wildman–Crippen MR) is 74.5 cm³/mol. The van der Waals surface area contributed by atoms with Crippen LogP contribution in [0.15, 0.2) is 6.07 Å². The second-order valence-electron chi connectivity index (χ2n) is 4.11. The predicted octanol–water partition coefficient (Wildman–Crippen LogP) is 2.51. The summed E-state index contributed by atoms with van der Waals surface area (Å²) in [5, 5.41) is 0. The largest absolute Gasteiger partial charge is 0.496 e. The minimum absolute atomic E-state index is 0.0101. The molecule has 0 aliphatic carbocycles. The first-order chi connectivity index (χ1) is 7.93. The molecule has 1 amide bonds. The molecule has 0 radical (unpaired) electrons. The number of hydrogen-bond acceptors (Lipinski definition) is 3. The van der Waals surface area contributed by atoms with E-state index in [1.54, 1.807) is 19.1 Å². The van der Waals surface area contributed by atoms with Crippen LogP contribution in [0, 0.1) is 20.8 Å². The molecule has 0 N–H and O–H groups in total. The minimum atomic E-state index is -0.0101. The molecule has 0 aliphatic heterocycles. The van der Waals surface area contributed by atoms with Gasteiger partial charge in [0.25, 0.3) is 0 Å². The van der Waals surface area contributed by atoms with E-state index in [-0.39, 0.29) is 11.7 Å². The maximum absolute atomic E-state index is 11.7. The number of thiol groups is 1. The number of amides is 1. The number of ether oxygens (including phenoxy) is 1. The van der Waals surface area contributed by atoms with Crippen LogP contribution in [0.4, 0.5) is 5.69 Å². The molecule has 0 fully saturated rings. The molecule has 0 unspecified atom stereocenters. The van der Waals surface area contributed by atoms with Crippen LogP contribution in [0.3, 0.4) is 0 Å². The van der Waals surface area contributed by atoms with Crippen LogP contribution in [0.5, 0.6) is 5.75 Å². The summed E-state index contributed by atoms with van der Waals surface area (Å²) in [6.07, 6.45) is 0. The zero-order chi connectivity index (χ0) is 13.2. The minimum Gasteiger partial charge on any atom is -0.496 e. The highest BCUT2D eigenvalue weighted by atomic mass is 32.1. The van der Waals surface area contributed by atoms with E-state index in [1.807, 2.05) is 26.8 Å². The van der Waals surface area contributed by atoms with E-state index >= 15 is 0 Å². The summed E-state index contributed by atoms with van der Waals surface area (Å²) in [6.45, 7) is 5.98. The van der Waals surface area contributed by atoms with Crippen molar-refractivity contribution in [3.63, 3.8) is 0 Å². The van der Waals surface area contributed by atoms with Gasteiger partial charge in [0, 0.05) is 12.7 Å². The first-order valence-electron chi connectivity index (χ1n) is 5.46. The highest BCUT2D eigenvalue weighted by Gasteiger charge is 2.17. The van der Waals surface area contributed by atoms with E-state index in [4.69, 9.17) is 4.74 Å². The Labute approximate surface area is 108 Å². The van der Waals surface area contributed by atoms with E-state index in [2.05, 4.69) is 12.6 Å². The van der Waals surface area contributed by atoms with Crippen LogP contribution in [-0.4, -0.2) is 25.8 Å². The number of aryl methyl sites for hydroxylation is 1. The second-order valence-corrected chi connectivity index (χ2v) is 4.42. The highest BCUT2D eigenvalue weighted by Crippen LogP contribution is 2.33. The van der Waals surface area contributed by atoms with Crippen LogP contribution < -0.4 is 9.64 Å². The average Bonchev–Trinajstić information content (AvgIpc) is 2.32. The molecule has 0 saturated carbocycles. The lowest BCUT2D eigenvalue weighted by atomic mass is 10.0. The molecule has 0 aromatic heterocycles. The SMILES string of the molecule is COc1cc(C)c(N(C)C(=O)CS)c(C)c1C. The fourth-order valence-corrected chi connectivity index (χ4v) is 2.20. The first kappa shape index (κ1) is 13.9. The van der Waals surface area contributed by atoms with Crippen molar-refractivity contribution in [3.05, 3.63) is 22.8 Å². The lowest BCUT2D eigenvalue weighted by Gasteiger charge is -2.23. The van der Waals surface area contributed by atoms with Gasteiger partial charge in [-0.15, -0.1) is 0 Å². The molecular formula is C13H19NO2S. The zero-order valence-electron chi connectivity index (χ0n) is 11.0. The van der Waals surface area contributed by atoms with E-state index in [9.17, 15) is 4.79 Å². The molecule has 3 nitrogen and oxygen atoms in total. The standard InChI is InChI=1S/C13H19NO2S/c1-8-6-11(16-5)9(2)10(3)13(8)14(4)12(15)7-17/h6,17H,7H2,1-5H3. The smallest absolute Gasteiger partial charge is 0.236 e. The zero-order valence-corrected chi connectivity index (χ0v) is 11.9. The van der Waals surface area contributed by atoms with E-state index < -0.39 is 0 Å². The van der Waals surface area contributed by atoms with Gasteiger partial charge in [-0.05, 0) is 43.5 Å². The van der Waals surface area contributed by atoms with Gasteiger partial charge in [-0.25, -0.2) is 0 Å². The molecule has 0 bridgehead atoms. The van der Waals surface area contributed by atoms with Gasteiger partial charge < -0.3 is 9.64 Å². The van der Waals surface area contributed by atoms with Crippen molar-refractivity contribution in [2.75, 3.05) is 24.8 Å². The van der Waals surface area contributed by atoms with Crippen LogP contribution in [0.1, 0.15) is 16.7 Å². The molecule has 0 spiro atoms. The molecular weight excluding hydrogens is 234 g/mol. The molecule has 1 aromatic carbocycles. The Morgan fingerprint density at radius 3 is 2.41 bits per heavy atom. The summed E-state index contributed by atoms with van der Waals surface area (Å²) < 4.78 is 5.31. The molecule has 0 heterocycles. The third kappa shape index (κ3) is 2.57. The molecule has 94 valence electrons. The lowest BCUT2D eigenvalue weighted by molar-refractivity contribution is -0.115. The molecule has 0 atom stereocenters. The number of hydrogen-bond donors (Lipinski definition) is 1. The van der Waals surface area contributed by atoms with Crippen LogP contribution in [-0.2, 0) is 4.79 Å². The molecule has 1 rings (SSSR count). The van der Waals surface area contributed by atoms with Crippen molar-refractivity contribution in [1.29, 1.82) is 0 Å². The van der Waals surface area contributed by atoms with Crippen molar-refractivity contribution >= 4 is 24.2 Å². The number of benzene rings is 1. The molecule has 17 heavy (non-hydrogen) atoms. The first-order valence-corrected chi connectivity index (χ1v) is 6.09. The third-order valence-corrected chi connectivity index (χ3v) is 3.34. The van der Waals surface area contributed by atoms with E-state index in [0.717, 1.165) is 28.1 Å². The molecule has 1 aromatic rings. The Bertz CT molecular complexity index is 444. The summed E-state index contributed by atoms with van der Waals surface area (Å²) in [5.74, 6) is 1.06. The van der Waals surface area contributed by atoms with Crippen molar-refractivity contribution in [2.24, 2.45) is 0 Å². The molecule has 0 aliphatic rings. The van der Waals surface area contributed by atoms with Gasteiger partial charge in [0.1, 0.15) is 5.75 Å². The van der Waals surface area contributed by atoms with Crippen LogP contribution in [0.2, 0.25) is 0 Å². The number of carbonyl (C=O) groups is 1. The monoisotopic (exact) mass is 253 g/mol. The van der Waals surface area contributed by atoms with Crippen LogP contribution >= 0.6 is 12.6 Å². The van der Waals surface area contributed by atoms with Crippen molar-refractivity contribution in [1.82, 2.24) is 0 Å². The number of nitrogens with zero attached hydrogens (tertiary/aromatic N) is 1. The van der Waals surface area contributed by atoms with Crippen molar-refractivity contribution < 1.29 is 9.53 Å². The molecule has 4 heteroatoms. The van der Waals surface area contributed by atoms with Gasteiger partial charge in [-0.3, -0.25) is 4.79 Å². The van der Waals surface area contributed by atoms with Gasteiger partial charge in [-0.1, -0.05) is 0 Å². The molecule has 0 saturated heterocycles. The average molecular weight is 253 g/mol. The summed E-state index contributed by atoms with van der Waals surface area (Å²) in [6, 6.07) is 1.96. The van der Waals surface area contributed by atoms with E-state index in [1.165, 1.54) is 0 Å². The Kier molecular flexibility index (Phi) is 4.46. The fourth-order valence-electron chi connectivity index (χ4n) is 1.99. The summed E-state index contributed by atoms with van der Waals surface area (Å²) in [4.78, 5) is 13.4. The van der Waals surface area contributed by atoms with Gasteiger partial charge in [0.05, 0.1) is 12.9 Å². The van der Waals surface area contributed by atoms with Crippen LogP contribution in [0.25, 0.3) is 0 Å². The Balaban J connectivity index is 3.35. The number of carbonyl (C=O) groups excluding carboxylic acids is 1. The topological polar surface area (TPSA) is 29.5 Å².